The lowest BCUT2D eigenvalue weighted by molar-refractivity contribution is -0.122. The van der Waals surface area contributed by atoms with Gasteiger partial charge in [0.1, 0.15) is 0 Å². The van der Waals surface area contributed by atoms with Crippen molar-refractivity contribution in [2.24, 2.45) is 35.5 Å². The molecule has 0 unspecified atom stereocenters. The Labute approximate surface area is 181 Å². The molecule has 0 aromatic rings. The van der Waals surface area contributed by atoms with Gasteiger partial charge in [-0.15, -0.1) is 0 Å². The van der Waals surface area contributed by atoms with Crippen LogP contribution in [0.5, 0.6) is 0 Å². The van der Waals surface area contributed by atoms with Crippen molar-refractivity contribution >= 4 is 23.6 Å². The number of hydrogen-bond acceptors (Lipinski definition) is 3. The van der Waals surface area contributed by atoms with E-state index < -0.39 is 0 Å². The van der Waals surface area contributed by atoms with Gasteiger partial charge in [-0.25, -0.2) is 0 Å². The number of amides is 2. The molecule has 4 aliphatic rings. The largest absolute Gasteiger partial charge is 0.353 e. The van der Waals surface area contributed by atoms with Gasteiger partial charge in [-0.1, -0.05) is 12.8 Å². The summed E-state index contributed by atoms with van der Waals surface area (Å²) in [5.41, 5.74) is 0. The van der Waals surface area contributed by atoms with Gasteiger partial charge in [0, 0.05) is 36.4 Å². The molecule has 8 atom stereocenters. The highest BCUT2D eigenvalue weighted by Gasteiger charge is 2.43. The second-order valence-corrected chi connectivity index (χ2v) is 11.7. The second-order valence-electron chi connectivity index (χ2n) is 10.5. The summed E-state index contributed by atoms with van der Waals surface area (Å²) < 4.78 is 0. The number of hydrogen-bond donors (Lipinski definition) is 2. The molecule has 0 heterocycles. The van der Waals surface area contributed by atoms with Crippen LogP contribution in [0.25, 0.3) is 0 Å². The van der Waals surface area contributed by atoms with Crippen LogP contribution in [0.1, 0.15) is 78.1 Å². The standard InChI is InChI=1S/C24H40N2O2S/c1-15(21-13-17-3-5-19(21)11-17)25-23(27)7-9-29-10-8-24(28)26-16(2)22-14-18-4-6-20(22)12-18/h15-22H,3-14H2,1-2H3,(H,25,27)(H,26,28)/t15-,16+,17-,18-,19-,20-,21-,22-/m0/s1. The fourth-order valence-electron chi connectivity index (χ4n) is 7.11. The van der Waals surface area contributed by atoms with Crippen molar-refractivity contribution < 1.29 is 9.59 Å². The second kappa shape index (κ2) is 9.62. The molecule has 4 rings (SSSR count). The van der Waals surface area contributed by atoms with E-state index in [1.54, 1.807) is 11.8 Å². The minimum absolute atomic E-state index is 0.183. The molecule has 164 valence electrons. The van der Waals surface area contributed by atoms with Crippen molar-refractivity contribution in [2.75, 3.05) is 11.5 Å². The minimum atomic E-state index is 0.183. The minimum Gasteiger partial charge on any atom is -0.353 e. The average molecular weight is 421 g/mol. The summed E-state index contributed by atoms with van der Waals surface area (Å²) in [5.74, 6) is 6.95. The van der Waals surface area contributed by atoms with Crippen LogP contribution in [0.2, 0.25) is 0 Å². The Hall–Kier alpha value is -0.710. The molecule has 2 amide bonds. The molecule has 5 heteroatoms. The Morgan fingerprint density at radius 2 is 1.21 bits per heavy atom. The van der Waals surface area contributed by atoms with Crippen LogP contribution in [-0.2, 0) is 9.59 Å². The maximum absolute atomic E-state index is 12.3. The van der Waals surface area contributed by atoms with Gasteiger partial charge >= 0.3 is 0 Å². The molecule has 4 aliphatic carbocycles. The SMILES string of the molecule is C[C@H](NC(=O)CCSCCC(=O)N[C@H](C)[C@@H]1C[C@H]2CC[C@H]1C2)[C@@H]1C[C@H]2CC[C@H]1C2. The van der Waals surface area contributed by atoms with Crippen LogP contribution in [0.15, 0.2) is 0 Å². The van der Waals surface area contributed by atoms with Crippen LogP contribution in [0.4, 0.5) is 0 Å². The lowest BCUT2D eigenvalue weighted by atomic mass is 9.84. The zero-order chi connectivity index (χ0) is 20.4. The summed E-state index contributed by atoms with van der Waals surface area (Å²) >= 11 is 1.73. The highest BCUT2D eigenvalue weighted by molar-refractivity contribution is 7.99. The van der Waals surface area contributed by atoms with Crippen LogP contribution >= 0.6 is 11.8 Å². The number of carbonyl (C=O) groups excluding carboxylic acids is 2. The summed E-state index contributed by atoms with van der Waals surface area (Å²) in [6.07, 6.45) is 12.1. The fourth-order valence-corrected chi connectivity index (χ4v) is 7.97. The molecule has 0 spiro atoms. The van der Waals surface area contributed by atoms with Crippen LogP contribution in [0, 0.1) is 35.5 Å². The number of fused-ring (bicyclic) bond motifs is 4. The maximum atomic E-state index is 12.3. The quantitative estimate of drug-likeness (QED) is 0.516. The Kier molecular flexibility index (Phi) is 7.14. The van der Waals surface area contributed by atoms with Gasteiger partial charge in [0.2, 0.25) is 11.8 Å². The molecule has 4 fully saturated rings. The fraction of sp³-hybridized carbons (Fsp3) is 0.917. The van der Waals surface area contributed by atoms with Crippen LogP contribution < -0.4 is 10.6 Å². The van der Waals surface area contributed by atoms with E-state index in [0.29, 0.717) is 36.8 Å². The molecule has 0 aliphatic heterocycles. The smallest absolute Gasteiger partial charge is 0.221 e. The van der Waals surface area contributed by atoms with Crippen LogP contribution in [0.3, 0.4) is 0 Å². The molecule has 0 aromatic carbocycles. The molecule has 0 aromatic heterocycles. The third-order valence-corrected chi connectivity index (χ3v) is 9.58. The predicted molar refractivity (Wildman–Crippen MR) is 120 cm³/mol. The number of thioether (sulfide) groups is 1. The van der Waals surface area contributed by atoms with Crippen molar-refractivity contribution in [3.63, 3.8) is 0 Å². The van der Waals surface area contributed by atoms with Crippen molar-refractivity contribution in [3.8, 4) is 0 Å². The summed E-state index contributed by atoms with van der Waals surface area (Å²) in [6, 6.07) is 0.641. The van der Waals surface area contributed by atoms with E-state index in [-0.39, 0.29) is 11.8 Å². The maximum Gasteiger partial charge on any atom is 0.221 e. The summed E-state index contributed by atoms with van der Waals surface area (Å²) in [5, 5.41) is 6.49. The number of nitrogens with one attached hydrogen (secondary N) is 2. The first kappa shape index (κ1) is 21.5. The first-order chi connectivity index (χ1) is 14.0. The zero-order valence-corrected chi connectivity index (χ0v) is 19.1. The molecule has 29 heavy (non-hydrogen) atoms. The van der Waals surface area contributed by atoms with E-state index >= 15 is 0 Å². The molecule has 2 N–H and O–H groups in total. The Balaban J connectivity index is 1.04. The molecular formula is C24H40N2O2S. The first-order valence-electron chi connectivity index (χ1n) is 12.2. The number of carbonyl (C=O) groups is 2. The Morgan fingerprint density at radius 1 is 0.759 bits per heavy atom. The van der Waals surface area contributed by atoms with Gasteiger partial charge in [-0.3, -0.25) is 9.59 Å². The van der Waals surface area contributed by atoms with E-state index in [1.165, 1.54) is 51.4 Å². The van der Waals surface area contributed by atoms with Crippen molar-refractivity contribution in [1.82, 2.24) is 10.6 Å². The van der Waals surface area contributed by atoms with Gasteiger partial charge in [0.05, 0.1) is 0 Å². The Bertz CT molecular complexity index is 547. The molecule has 4 nitrogen and oxygen atoms in total. The average Bonchev–Trinajstić information content (AvgIpc) is 3.48. The highest BCUT2D eigenvalue weighted by Crippen LogP contribution is 2.50. The highest BCUT2D eigenvalue weighted by atomic mass is 32.2. The molecular weight excluding hydrogens is 380 g/mol. The first-order valence-corrected chi connectivity index (χ1v) is 13.3. The third-order valence-electron chi connectivity index (χ3n) is 8.59. The Morgan fingerprint density at radius 3 is 1.55 bits per heavy atom. The van der Waals surface area contributed by atoms with Gasteiger partial charge in [0.25, 0.3) is 0 Å². The van der Waals surface area contributed by atoms with Crippen LogP contribution in [-0.4, -0.2) is 35.4 Å². The molecule has 0 radical (unpaired) electrons. The normalized spacial score (nSPS) is 36.9. The van der Waals surface area contributed by atoms with E-state index in [1.807, 2.05) is 0 Å². The summed E-state index contributed by atoms with van der Waals surface area (Å²) in [4.78, 5) is 24.5. The molecule has 4 saturated carbocycles. The van der Waals surface area contributed by atoms with E-state index in [0.717, 1.165) is 35.2 Å². The molecule has 0 saturated heterocycles. The van der Waals surface area contributed by atoms with Gasteiger partial charge in [-0.2, -0.15) is 11.8 Å². The van der Waals surface area contributed by atoms with Gasteiger partial charge in [-0.05, 0) is 87.9 Å². The van der Waals surface area contributed by atoms with E-state index in [9.17, 15) is 9.59 Å². The lowest BCUT2D eigenvalue weighted by Gasteiger charge is -2.28. The van der Waals surface area contributed by atoms with E-state index in [4.69, 9.17) is 0 Å². The van der Waals surface area contributed by atoms with Gasteiger partial charge in [0.15, 0.2) is 0 Å². The predicted octanol–water partition coefficient (Wildman–Crippen LogP) is 4.38. The topological polar surface area (TPSA) is 58.2 Å². The van der Waals surface area contributed by atoms with Crippen molar-refractivity contribution in [1.29, 1.82) is 0 Å². The zero-order valence-electron chi connectivity index (χ0n) is 18.3. The monoisotopic (exact) mass is 420 g/mol. The van der Waals surface area contributed by atoms with E-state index in [2.05, 4.69) is 24.5 Å². The molecule has 4 bridgehead atoms. The van der Waals surface area contributed by atoms with Gasteiger partial charge < -0.3 is 10.6 Å². The number of rotatable bonds is 10. The summed E-state index contributed by atoms with van der Waals surface area (Å²) in [6.45, 7) is 4.39. The van der Waals surface area contributed by atoms with Crippen molar-refractivity contribution in [3.05, 3.63) is 0 Å². The third kappa shape index (κ3) is 5.32. The lowest BCUT2D eigenvalue weighted by Crippen LogP contribution is -2.40. The summed E-state index contributed by atoms with van der Waals surface area (Å²) in [7, 11) is 0. The van der Waals surface area contributed by atoms with Crippen molar-refractivity contribution in [2.45, 2.75) is 90.1 Å².